The number of carbonyl (C=O) groups excluding carboxylic acids is 1. The van der Waals surface area contributed by atoms with Crippen LogP contribution in [0.25, 0.3) is 0 Å². The van der Waals surface area contributed by atoms with Gasteiger partial charge in [0, 0.05) is 23.6 Å². The molecule has 23 heavy (non-hydrogen) atoms. The van der Waals surface area contributed by atoms with Gasteiger partial charge in [-0.15, -0.1) is 0 Å². The Bertz CT molecular complexity index is 624. The molecule has 0 heterocycles. The zero-order valence-electron chi connectivity index (χ0n) is 13.4. The maximum absolute atomic E-state index is 12.2. The summed E-state index contributed by atoms with van der Waals surface area (Å²) in [4.78, 5) is 20.3. The van der Waals surface area contributed by atoms with Gasteiger partial charge < -0.3 is 15.1 Å². The number of carbonyl (C=O) groups is 1. The van der Waals surface area contributed by atoms with Crippen LogP contribution in [0.15, 0.2) is 33.6 Å². The molecule has 1 aromatic carbocycles. The van der Waals surface area contributed by atoms with Gasteiger partial charge in [0.2, 0.25) is 0 Å². The number of benzene rings is 1. The smallest absolute Gasteiger partial charge is 0.338 e. The van der Waals surface area contributed by atoms with Gasteiger partial charge in [-0.3, -0.25) is 0 Å². The summed E-state index contributed by atoms with van der Waals surface area (Å²) >= 11 is 3.16. The van der Waals surface area contributed by atoms with Crippen LogP contribution in [0.3, 0.4) is 0 Å². The van der Waals surface area contributed by atoms with E-state index in [2.05, 4.69) is 21.2 Å². The molecule has 130 valence electrons. The van der Waals surface area contributed by atoms with Crippen molar-refractivity contribution in [2.45, 2.75) is 31.2 Å². The van der Waals surface area contributed by atoms with Gasteiger partial charge in [0.25, 0.3) is 10.0 Å². The molecule has 0 aliphatic heterocycles. The largest absolute Gasteiger partial charge is 0.429 e. The second-order valence-corrected chi connectivity index (χ2v) is 7.41. The zero-order valence-corrected chi connectivity index (χ0v) is 15.8. The molecule has 0 aliphatic carbocycles. The van der Waals surface area contributed by atoms with Gasteiger partial charge in [-0.05, 0) is 53.3 Å². The van der Waals surface area contributed by atoms with E-state index >= 15 is 0 Å². The van der Waals surface area contributed by atoms with Crippen LogP contribution in [0.4, 0.5) is 4.79 Å². The predicted molar refractivity (Wildman–Crippen MR) is 91.3 cm³/mol. The maximum atomic E-state index is 12.2. The molecule has 0 saturated carbocycles. The average molecular weight is 408 g/mol. The van der Waals surface area contributed by atoms with Crippen molar-refractivity contribution in [2.24, 2.45) is 0 Å². The summed E-state index contributed by atoms with van der Waals surface area (Å²) in [5, 5.41) is 2.94. The molecule has 0 fully saturated rings. The Hall–Kier alpha value is -1.16. The van der Waals surface area contributed by atoms with Crippen molar-refractivity contribution in [1.29, 1.82) is 0 Å². The van der Waals surface area contributed by atoms with Crippen LogP contribution in [-0.2, 0) is 14.9 Å². The molecule has 2 N–H and O–H groups in total. The van der Waals surface area contributed by atoms with Crippen LogP contribution >= 0.6 is 15.9 Å². The predicted octanol–water partition coefficient (Wildman–Crippen LogP) is 2.10. The van der Waals surface area contributed by atoms with Gasteiger partial charge >= 0.3 is 6.09 Å². The highest BCUT2D eigenvalue weighted by Gasteiger charge is 2.24. The monoisotopic (exact) mass is 407 g/mol. The molecule has 0 aromatic heterocycles. The van der Waals surface area contributed by atoms with Crippen LogP contribution in [0, 0.1) is 0 Å². The third-order valence-corrected chi connectivity index (χ3v) is 5.52. The number of halogens is 1. The zero-order chi connectivity index (χ0) is 17.5. The first-order valence-corrected chi connectivity index (χ1v) is 9.49. The Balaban J connectivity index is 2.78. The summed E-state index contributed by atoms with van der Waals surface area (Å²) in [6.45, 7) is 4.81. The molecule has 0 saturated heterocycles. The number of rotatable bonds is 8. The normalized spacial score (nSPS) is 12.7. The van der Waals surface area contributed by atoms with Crippen LogP contribution in [-0.4, -0.2) is 45.6 Å². The van der Waals surface area contributed by atoms with Crippen molar-refractivity contribution in [3.63, 3.8) is 0 Å². The molecular formula is C14H22BrN3O4S. The highest BCUT2D eigenvalue weighted by Crippen LogP contribution is 2.20. The highest BCUT2D eigenvalue weighted by atomic mass is 79.9. The van der Waals surface area contributed by atoms with Crippen LogP contribution < -0.4 is 10.2 Å². The van der Waals surface area contributed by atoms with Gasteiger partial charge in [0.1, 0.15) is 0 Å². The minimum Gasteiger partial charge on any atom is -0.338 e. The van der Waals surface area contributed by atoms with Crippen molar-refractivity contribution in [1.82, 2.24) is 15.1 Å². The Morgan fingerprint density at radius 2 is 2.04 bits per heavy atom. The first kappa shape index (κ1) is 19.9. The first-order valence-electron chi connectivity index (χ1n) is 7.21. The van der Waals surface area contributed by atoms with E-state index in [1.807, 2.05) is 18.7 Å². The lowest BCUT2D eigenvalue weighted by molar-refractivity contribution is 0.0713. The van der Waals surface area contributed by atoms with E-state index in [9.17, 15) is 13.2 Å². The van der Waals surface area contributed by atoms with E-state index in [0.29, 0.717) is 17.6 Å². The second-order valence-electron chi connectivity index (χ2n) is 4.94. The number of sulfonamides is 1. The molecule has 1 atom stereocenters. The molecule has 0 bridgehead atoms. The highest BCUT2D eigenvalue weighted by molar-refractivity contribution is 9.10. The topological polar surface area (TPSA) is 87.7 Å². The number of hydrogen-bond acceptors (Lipinski definition) is 5. The number of nitrogens with one attached hydrogen (secondary N) is 2. The number of nitrogens with zero attached hydrogens (tertiary/aromatic N) is 1. The van der Waals surface area contributed by atoms with E-state index in [1.54, 1.807) is 25.2 Å². The van der Waals surface area contributed by atoms with Crippen molar-refractivity contribution >= 4 is 32.0 Å². The minimum atomic E-state index is -3.95. The van der Waals surface area contributed by atoms with Crippen LogP contribution in [0.5, 0.6) is 0 Å². The quantitative estimate of drug-likeness (QED) is 0.644. The molecule has 1 rings (SSSR count). The van der Waals surface area contributed by atoms with Gasteiger partial charge in [0.05, 0.1) is 4.90 Å². The van der Waals surface area contributed by atoms with Gasteiger partial charge in [-0.25, -0.2) is 13.2 Å². The maximum Gasteiger partial charge on any atom is 0.429 e. The standard InChI is InChI=1S/C14H22BrN3O4S/c1-4-11(2)18(10-9-16-3)14(19)22-17-23(20,21)13-8-6-5-7-12(13)15/h5-8,11,16-17H,4,9-10H2,1-3H3. The van der Waals surface area contributed by atoms with E-state index in [0.717, 1.165) is 6.42 Å². The number of amides is 1. The first-order chi connectivity index (χ1) is 10.8. The average Bonchev–Trinajstić information content (AvgIpc) is 2.53. The molecule has 0 spiro atoms. The molecule has 1 unspecified atom stereocenters. The fourth-order valence-corrected chi connectivity index (χ4v) is 3.58. The van der Waals surface area contributed by atoms with E-state index in [4.69, 9.17) is 4.84 Å². The Kier molecular flexibility index (Phi) is 7.97. The molecule has 1 aromatic rings. The van der Waals surface area contributed by atoms with E-state index in [-0.39, 0.29) is 10.9 Å². The van der Waals surface area contributed by atoms with Gasteiger partial charge in [-0.2, -0.15) is 0 Å². The molecule has 7 nitrogen and oxygen atoms in total. The fraction of sp³-hybridized carbons (Fsp3) is 0.500. The summed E-state index contributed by atoms with van der Waals surface area (Å²) in [7, 11) is -2.18. The van der Waals surface area contributed by atoms with E-state index < -0.39 is 16.1 Å². The lowest BCUT2D eigenvalue weighted by Gasteiger charge is -2.27. The third kappa shape index (κ3) is 5.76. The summed E-state index contributed by atoms with van der Waals surface area (Å²) in [6.07, 6.45) is 0.000672. The second kappa shape index (κ2) is 9.21. The Morgan fingerprint density at radius 1 is 1.39 bits per heavy atom. The fourth-order valence-electron chi connectivity index (χ4n) is 1.80. The van der Waals surface area contributed by atoms with Crippen LogP contribution in [0.2, 0.25) is 0 Å². The van der Waals surface area contributed by atoms with Crippen molar-refractivity contribution in [2.75, 3.05) is 20.1 Å². The summed E-state index contributed by atoms with van der Waals surface area (Å²) in [5.74, 6) is 0. The number of likely N-dealkylation sites (N-methyl/N-ethyl adjacent to an activating group) is 1. The van der Waals surface area contributed by atoms with Crippen LogP contribution in [0.1, 0.15) is 20.3 Å². The van der Waals surface area contributed by atoms with Crippen molar-refractivity contribution in [3.8, 4) is 0 Å². The van der Waals surface area contributed by atoms with E-state index in [1.165, 1.54) is 11.0 Å². The van der Waals surface area contributed by atoms with Gasteiger partial charge in [-0.1, -0.05) is 19.1 Å². The van der Waals surface area contributed by atoms with Crippen molar-refractivity contribution in [3.05, 3.63) is 28.7 Å². The molecule has 1 amide bonds. The van der Waals surface area contributed by atoms with Crippen molar-refractivity contribution < 1.29 is 18.0 Å². The SMILES string of the molecule is CCC(C)N(CCNC)C(=O)ONS(=O)(=O)c1ccccc1Br. The molecule has 0 radical (unpaired) electrons. The third-order valence-electron chi connectivity index (χ3n) is 3.32. The molecule has 9 heteroatoms. The van der Waals surface area contributed by atoms with Gasteiger partial charge in [0.15, 0.2) is 0 Å². The molecular weight excluding hydrogens is 386 g/mol. The summed E-state index contributed by atoms with van der Waals surface area (Å²) in [5.41, 5.74) is 0. The Morgan fingerprint density at radius 3 is 2.61 bits per heavy atom. The summed E-state index contributed by atoms with van der Waals surface area (Å²) < 4.78 is 24.8. The lowest BCUT2D eigenvalue weighted by Crippen LogP contribution is -2.44. The lowest BCUT2D eigenvalue weighted by atomic mass is 10.2. The minimum absolute atomic E-state index is 0.00175. The molecule has 0 aliphatic rings. The number of hydrogen-bond donors (Lipinski definition) is 2. The Labute approximate surface area is 145 Å². The summed E-state index contributed by atoms with van der Waals surface area (Å²) in [6, 6.07) is 6.21.